The van der Waals surface area contributed by atoms with Crippen LogP contribution in [0.1, 0.15) is 23.7 Å². The highest BCUT2D eigenvalue weighted by atomic mass is 32.1. The predicted molar refractivity (Wildman–Crippen MR) is 88.7 cm³/mol. The van der Waals surface area contributed by atoms with Gasteiger partial charge in [0.1, 0.15) is 10.8 Å². The average Bonchev–Trinajstić information content (AvgIpc) is 2.46. The zero-order valence-electron chi connectivity index (χ0n) is 12.1. The van der Waals surface area contributed by atoms with Crippen LogP contribution >= 0.6 is 12.2 Å². The normalized spacial score (nSPS) is 10.3. The number of anilines is 2. The maximum atomic E-state index is 5.79. The van der Waals surface area contributed by atoms with Gasteiger partial charge < -0.3 is 10.6 Å². The van der Waals surface area contributed by atoms with E-state index < -0.39 is 0 Å². The van der Waals surface area contributed by atoms with Gasteiger partial charge in [0.25, 0.3) is 0 Å². The summed E-state index contributed by atoms with van der Waals surface area (Å²) in [5.74, 6) is 0.793. The number of hydrogen-bond acceptors (Lipinski definition) is 3. The lowest BCUT2D eigenvalue weighted by molar-refractivity contribution is 1.08. The molecule has 2 rings (SSSR count). The van der Waals surface area contributed by atoms with Crippen molar-refractivity contribution >= 4 is 28.7 Å². The highest BCUT2D eigenvalue weighted by Gasteiger charge is 2.13. The number of rotatable bonds is 4. The van der Waals surface area contributed by atoms with E-state index in [9.17, 15) is 0 Å². The summed E-state index contributed by atoms with van der Waals surface area (Å²) in [6.07, 6.45) is 1.03. The molecule has 104 valence electrons. The second-order valence-corrected chi connectivity index (χ2v) is 5.21. The van der Waals surface area contributed by atoms with Crippen LogP contribution in [0.2, 0.25) is 0 Å². The summed E-state index contributed by atoms with van der Waals surface area (Å²) in [6.45, 7) is 4.10. The van der Waals surface area contributed by atoms with E-state index in [-0.39, 0.29) is 0 Å². The van der Waals surface area contributed by atoms with Crippen molar-refractivity contribution in [3.05, 3.63) is 53.2 Å². The number of pyridine rings is 1. The third kappa shape index (κ3) is 2.96. The highest BCUT2D eigenvalue weighted by molar-refractivity contribution is 7.80. The SMILES string of the molecule is CCc1ccc(N(C)c2nc(C)ccc2C(N)=S)cc1. The molecule has 0 spiro atoms. The van der Waals surface area contributed by atoms with Gasteiger partial charge in [-0.3, -0.25) is 0 Å². The minimum absolute atomic E-state index is 0.365. The molecule has 1 aromatic heterocycles. The third-order valence-corrected chi connectivity index (χ3v) is 3.55. The Bertz CT molecular complexity index is 620. The molecule has 0 unspecified atom stereocenters. The molecule has 0 saturated heterocycles. The topological polar surface area (TPSA) is 42.2 Å². The first-order valence-electron chi connectivity index (χ1n) is 6.63. The molecular formula is C16H19N3S. The first kappa shape index (κ1) is 14.5. The monoisotopic (exact) mass is 285 g/mol. The molecule has 0 saturated carbocycles. The van der Waals surface area contributed by atoms with Crippen LogP contribution < -0.4 is 10.6 Å². The van der Waals surface area contributed by atoms with Gasteiger partial charge in [0.15, 0.2) is 0 Å². The van der Waals surface area contributed by atoms with Gasteiger partial charge in [-0.1, -0.05) is 31.3 Å². The summed E-state index contributed by atoms with van der Waals surface area (Å²) in [5.41, 5.74) is 9.91. The molecule has 0 atom stereocenters. The summed E-state index contributed by atoms with van der Waals surface area (Å²) >= 11 is 5.11. The van der Waals surface area contributed by atoms with E-state index in [4.69, 9.17) is 18.0 Å². The van der Waals surface area contributed by atoms with E-state index >= 15 is 0 Å². The molecule has 0 fully saturated rings. The standard InChI is InChI=1S/C16H19N3S/c1-4-12-6-8-13(9-7-12)19(3)16-14(15(17)20)10-5-11(2)18-16/h5-10H,4H2,1-3H3,(H2,17,20). The average molecular weight is 285 g/mol. The van der Waals surface area contributed by atoms with Crippen LogP contribution in [0.15, 0.2) is 36.4 Å². The van der Waals surface area contributed by atoms with Crippen LogP contribution in [0, 0.1) is 6.92 Å². The molecule has 0 aliphatic carbocycles. The van der Waals surface area contributed by atoms with Crippen LogP contribution in [0.5, 0.6) is 0 Å². The first-order chi connectivity index (χ1) is 9.52. The number of thiocarbonyl (C=S) groups is 1. The Labute approximate surface area is 125 Å². The minimum Gasteiger partial charge on any atom is -0.389 e. The Morgan fingerprint density at radius 3 is 2.40 bits per heavy atom. The lowest BCUT2D eigenvalue weighted by Gasteiger charge is -2.21. The third-order valence-electron chi connectivity index (χ3n) is 3.33. The van der Waals surface area contributed by atoms with Gasteiger partial charge in [-0.15, -0.1) is 0 Å². The van der Waals surface area contributed by atoms with Crippen molar-refractivity contribution < 1.29 is 0 Å². The van der Waals surface area contributed by atoms with Gasteiger partial charge in [-0.25, -0.2) is 4.98 Å². The van der Waals surface area contributed by atoms with Crippen molar-refractivity contribution in [2.75, 3.05) is 11.9 Å². The van der Waals surface area contributed by atoms with Gasteiger partial charge in [0.05, 0.1) is 5.56 Å². The largest absolute Gasteiger partial charge is 0.389 e. The molecule has 20 heavy (non-hydrogen) atoms. The maximum Gasteiger partial charge on any atom is 0.143 e. The fourth-order valence-corrected chi connectivity index (χ4v) is 2.23. The molecule has 0 amide bonds. The van der Waals surface area contributed by atoms with Crippen LogP contribution in [0.25, 0.3) is 0 Å². The maximum absolute atomic E-state index is 5.79. The number of aromatic nitrogens is 1. The van der Waals surface area contributed by atoms with Crippen molar-refractivity contribution in [1.29, 1.82) is 0 Å². The van der Waals surface area contributed by atoms with Crippen molar-refractivity contribution in [2.45, 2.75) is 20.3 Å². The Morgan fingerprint density at radius 2 is 1.85 bits per heavy atom. The van der Waals surface area contributed by atoms with Crippen LogP contribution in [0.4, 0.5) is 11.5 Å². The lowest BCUT2D eigenvalue weighted by Crippen LogP contribution is -2.19. The Balaban J connectivity index is 2.43. The molecule has 0 aliphatic heterocycles. The summed E-state index contributed by atoms with van der Waals surface area (Å²) < 4.78 is 0. The highest BCUT2D eigenvalue weighted by Crippen LogP contribution is 2.26. The number of nitrogens with two attached hydrogens (primary N) is 1. The molecule has 4 heteroatoms. The summed E-state index contributed by atoms with van der Waals surface area (Å²) in [5, 5.41) is 0. The number of hydrogen-bond donors (Lipinski definition) is 1. The second kappa shape index (κ2) is 6.01. The lowest BCUT2D eigenvalue weighted by atomic mass is 10.1. The van der Waals surface area contributed by atoms with Gasteiger partial charge in [0, 0.05) is 18.4 Å². The Hall–Kier alpha value is -1.94. The summed E-state index contributed by atoms with van der Waals surface area (Å²) in [6, 6.07) is 12.3. The smallest absolute Gasteiger partial charge is 0.143 e. The molecule has 0 radical (unpaired) electrons. The minimum atomic E-state index is 0.365. The zero-order chi connectivity index (χ0) is 14.7. The van der Waals surface area contributed by atoms with E-state index in [2.05, 4.69) is 36.2 Å². The van der Waals surface area contributed by atoms with Crippen molar-refractivity contribution in [3.8, 4) is 0 Å². The molecule has 3 nitrogen and oxygen atoms in total. The van der Waals surface area contributed by atoms with Crippen LogP contribution in [-0.4, -0.2) is 17.0 Å². The Morgan fingerprint density at radius 1 is 1.20 bits per heavy atom. The molecule has 0 aliphatic rings. The quantitative estimate of drug-likeness (QED) is 0.875. The molecule has 1 heterocycles. The van der Waals surface area contributed by atoms with E-state index in [0.717, 1.165) is 29.2 Å². The van der Waals surface area contributed by atoms with E-state index in [1.165, 1.54) is 5.56 Å². The molecular weight excluding hydrogens is 266 g/mol. The summed E-state index contributed by atoms with van der Waals surface area (Å²) in [7, 11) is 1.98. The van der Waals surface area contributed by atoms with Gasteiger partial charge in [-0.05, 0) is 43.2 Å². The zero-order valence-corrected chi connectivity index (χ0v) is 12.9. The Kier molecular flexibility index (Phi) is 4.35. The van der Waals surface area contributed by atoms with Crippen molar-refractivity contribution in [1.82, 2.24) is 4.98 Å². The van der Waals surface area contributed by atoms with E-state index in [1.54, 1.807) is 0 Å². The van der Waals surface area contributed by atoms with Crippen molar-refractivity contribution in [2.24, 2.45) is 5.73 Å². The van der Waals surface area contributed by atoms with Gasteiger partial charge in [-0.2, -0.15) is 0 Å². The van der Waals surface area contributed by atoms with E-state index in [0.29, 0.717) is 4.99 Å². The fourth-order valence-electron chi connectivity index (χ4n) is 2.07. The van der Waals surface area contributed by atoms with Crippen molar-refractivity contribution in [3.63, 3.8) is 0 Å². The number of nitrogens with zero attached hydrogens (tertiary/aromatic N) is 2. The fraction of sp³-hybridized carbons (Fsp3) is 0.250. The molecule has 0 bridgehead atoms. The molecule has 2 N–H and O–H groups in total. The van der Waals surface area contributed by atoms with Crippen LogP contribution in [-0.2, 0) is 6.42 Å². The second-order valence-electron chi connectivity index (χ2n) is 4.77. The van der Waals surface area contributed by atoms with Gasteiger partial charge >= 0.3 is 0 Å². The predicted octanol–water partition coefficient (Wildman–Crippen LogP) is 3.35. The number of benzene rings is 1. The number of aryl methyl sites for hydroxylation is 2. The van der Waals surface area contributed by atoms with Gasteiger partial charge in [0.2, 0.25) is 0 Å². The molecule has 2 aromatic rings. The first-order valence-corrected chi connectivity index (χ1v) is 7.04. The van der Waals surface area contributed by atoms with E-state index in [1.807, 2.05) is 31.0 Å². The van der Waals surface area contributed by atoms with Crippen LogP contribution in [0.3, 0.4) is 0 Å². The molecule has 1 aromatic carbocycles. The summed E-state index contributed by atoms with van der Waals surface area (Å²) in [4.78, 5) is 6.95.